The predicted octanol–water partition coefficient (Wildman–Crippen LogP) is -1.06. The molecule has 0 aliphatic carbocycles. The van der Waals surface area contributed by atoms with Crippen molar-refractivity contribution in [2.24, 2.45) is 0 Å². The molecule has 0 bridgehead atoms. The van der Waals surface area contributed by atoms with Gasteiger partial charge in [-0.25, -0.2) is 0 Å². The van der Waals surface area contributed by atoms with E-state index in [1.54, 1.807) is 6.92 Å². The quantitative estimate of drug-likeness (QED) is 0.310. The SMILES string of the molecule is CCCCCCS(=O)(=O)OCC.[Na+]. The van der Waals surface area contributed by atoms with Crippen molar-refractivity contribution in [2.75, 3.05) is 12.4 Å². The first-order valence-corrected chi connectivity index (χ1v) is 6.07. The normalized spacial score (nSPS) is 10.9. The predicted molar refractivity (Wildman–Crippen MR) is 49.6 cm³/mol. The van der Waals surface area contributed by atoms with E-state index in [-0.39, 0.29) is 41.9 Å². The van der Waals surface area contributed by atoms with E-state index >= 15 is 0 Å². The van der Waals surface area contributed by atoms with Gasteiger partial charge in [-0.1, -0.05) is 26.2 Å². The summed E-state index contributed by atoms with van der Waals surface area (Å²) >= 11 is 0. The Hall–Kier alpha value is 0.910. The molecule has 0 amide bonds. The maximum Gasteiger partial charge on any atom is 1.00 e. The topological polar surface area (TPSA) is 43.4 Å². The maximum absolute atomic E-state index is 11.0. The van der Waals surface area contributed by atoms with Gasteiger partial charge in [0.05, 0.1) is 12.4 Å². The summed E-state index contributed by atoms with van der Waals surface area (Å²) in [4.78, 5) is 0. The number of rotatable bonds is 7. The zero-order chi connectivity index (χ0) is 9.45. The molecule has 5 heteroatoms. The molecule has 0 aliphatic heterocycles. The molecular weight excluding hydrogens is 199 g/mol. The fourth-order valence-electron chi connectivity index (χ4n) is 0.944. The minimum Gasteiger partial charge on any atom is -0.270 e. The van der Waals surface area contributed by atoms with Gasteiger partial charge in [-0.15, -0.1) is 0 Å². The molecule has 0 atom stereocenters. The van der Waals surface area contributed by atoms with Gasteiger partial charge in [-0.05, 0) is 13.3 Å². The smallest absolute Gasteiger partial charge is 0.270 e. The van der Waals surface area contributed by atoms with Crippen LogP contribution in [-0.2, 0) is 14.3 Å². The van der Waals surface area contributed by atoms with Crippen LogP contribution >= 0.6 is 0 Å². The van der Waals surface area contributed by atoms with E-state index in [0.717, 1.165) is 25.7 Å². The fourth-order valence-corrected chi connectivity index (χ4v) is 1.98. The van der Waals surface area contributed by atoms with Gasteiger partial charge in [-0.3, -0.25) is 4.18 Å². The Labute approximate surface area is 104 Å². The van der Waals surface area contributed by atoms with Crippen LogP contribution in [-0.4, -0.2) is 20.8 Å². The van der Waals surface area contributed by atoms with Crippen LogP contribution in [0.1, 0.15) is 39.5 Å². The van der Waals surface area contributed by atoms with Gasteiger partial charge in [0.25, 0.3) is 10.1 Å². The van der Waals surface area contributed by atoms with E-state index in [1.165, 1.54) is 0 Å². The number of hydrogen-bond donors (Lipinski definition) is 0. The van der Waals surface area contributed by atoms with Crippen molar-refractivity contribution in [3.63, 3.8) is 0 Å². The third-order valence-electron chi connectivity index (χ3n) is 1.55. The van der Waals surface area contributed by atoms with Crippen molar-refractivity contribution in [3.8, 4) is 0 Å². The van der Waals surface area contributed by atoms with E-state index in [1.807, 2.05) is 0 Å². The van der Waals surface area contributed by atoms with E-state index in [2.05, 4.69) is 11.1 Å². The molecule has 0 radical (unpaired) electrons. The third kappa shape index (κ3) is 10.8. The van der Waals surface area contributed by atoms with Crippen LogP contribution in [0.15, 0.2) is 0 Å². The largest absolute Gasteiger partial charge is 1.00 e. The van der Waals surface area contributed by atoms with Crippen LogP contribution in [0.3, 0.4) is 0 Å². The van der Waals surface area contributed by atoms with Crippen molar-refractivity contribution in [1.29, 1.82) is 0 Å². The monoisotopic (exact) mass is 217 g/mol. The second-order valence-corrected chi connectivity index (χ2v) is 4.49. The molecule has 0 aromatic rings. The van der Waals surface area contributed by atoms with Crippen LogP contribution in [0.5, 0.6) is 0 Å². The maximum atomic E-state index is 11.0. The molecule has 74 valence electrons. The van der Waals surface area contributed by atoms with E-state index in [0.29, 0.717) is 0 Å². The van der Waals surface area contributed by atoms with Crippen LogP contribution in [0.2, 0.25) is 0 Å². The molecule has 0 saturated heterocycles. The van der Waals surface area contributed by atoms with E-state index in [4.69, 9.17) is 0 Å². The minimum absolute atomic E-state index is 0. The van der Waals surface area contributed by atoms with E-state index < -0.39 is 10.1 Å². The number of hydrogen-bond acceptors (Lipinski definition) is 3. The van der Waals surface area contributed by atoms with Gasteiger partial charge in [0, 0.05) is 0 Å². The van der Waals surface area contributed by atoms with Gasteiger partial charge < -0.3 is 0 Å². The molecule has 0 saturated carbocycles. The molecule has 0 N–H and O–H groups in total. The van der Waals surface area contributed by atoms with Crippen LogP contribution in [0.4, 0.5) is 0 Å². The Bertz CT molecular complexity index is 190. The first-order valence-electron chi connectivity index (χ1n) is 4.49. The van der Waals surface area contributed by atoms with Crippen molar-refractivity contribution in [3.05, 3.63) is 0 Å². The summed E-state index contributed by atoms with van der Waals surface area (Å²) in [6.07, 6.45) is 3.91. The molecule has 0 rings (SSSR count). The Kier molecular flexibility index (Phi) is 11.9. The summed E-state index contributed by atoms with van der Waals surface area (Å²) in [5.41, 5.74) is 0. The summed E-state index contributed by atoms with van der Waals surface area (Å²) in [5.74, 6) is 0.167. The summed E-state index contributed by atoms with van der Waals surface area (Å²) in [6, 6.07) is 0. The standard InChI is InChI=1S/C8H18O3S.Na/c1-3-5-6-7-8-12(9,10)11-4-2;/h3-8H2,1-2H3;/q;+1. The second-order valence-electron chi connectivity index (χ2n) is 2.73. The molecule has 0 unspecified atom stereocenters. The summed E-state index contributed by atoms with van der Waals surface area (Å²) in [5, 5.41) is 0. The zero-order valence-corrected chi connectivity index (χ0v) is 11.7. The Morgan fingerprint density at radius 1 is 1.08 bits per heavy atom. The average Bonchev–Trinajstić information content (AvgIpc) is 1.98. The zero-order valence-electron chi connectivity index (χ0n) is 8.88. The summed E-state index contributed by atoms with van der Waals surface area (Å²) in [6.45, 7) is 4.02. The molecule has 0 fully saturated rings. The molecule has 13 heavy (non-hydrogen) atoms. The van der Waals surface area contributed by atoms with Crippen LogP contribution < -0.4 is 29.6 Å². The molecule has 0 aromatic heterocycles. The first-order chi connectivity index (χ1) is 5.62. The molecule has 3 nitrogen and oxygen atoms in total. The summed E-state index contributed by atoms with van der Waals surface area (Å²) in [7, 11) is -3.21. The van der Waals surface area contributed by atoms with Crippen molar-refractivity contribution < 1.29 is 42.2 Å². The van der Waals surface area contributed by atoms with E-state index in [9.17, 15) is 8.42 Å². The van der Waals surface area contributed by atoms with Gasteiger partial charge in [0.1, 0.15) is 0 Å². The minimum atomic E-state index is -3.21. The van der Waals surface area contributed by atoms with Crippen LogP contribution in [0.25, 0.3) is 0 Å². The second kappa shape index (κ2) is 9.46. The molecule has 0 aliphatic rings. The molecule has 0 aromatic carbocycles. The number of unbranched alkanes of at least 4 members (excludes halogenated alkanes) is 3. The van der Waals surface area contributed by atoms with Crippen LogP contribution in [0, 0.1) is 0 Å². The van der Waals surface area contributed by atoms with Crippen molar-refractivity contribution in [2.45, 2.75) is 39.5 Å². The first kappa shape index (κ1) is 16.3. The molecular formula is C8H18NaO3S+. The molecule has 0 heterocycles. The van der Waals surface area contributed by atoms with Gasteiger partial charge >= 0.3 is 29.6 Å². The Balaban J connectivity index is 0. The fraction of sp³-hybridized carbons (Fsp3) is 1.00. The van der Waals surface area contributed by atoms with Crippen molar-refractivity contribution >= 4 is 10.1 Å². The third-order valence-corrected chi connectivity index (χ3v) is 2.93. The van der Waals surface area contributed by atoms with Gasteiger partial charge in [0.2, 0.25) is 0 Å². The van der Waals surface area contributed by atoms with Gasteiger partial charge in [-0.2, -0.15) is 8.42 Å². The Morgan fingerprint density at radius 3 is 2.15 bits per heavy atom. The Morgan fingerprint density at radius 2 is 1.69 bits per heavy atom. The summed E-state index contributed by atoms with van der Waals surface area (Å²) < 4.78 is 26.5. The average molecular weight is 217 g/mol. The van der Waals surface area contributed by atoms with Crippen molar-refractivity contribution in [1.82, 2.24) is 0 Å². The van der Waals surface area contributed by atoms with Gasteiger partial charge in [0.15, 0.2) is 0 Å². The molecule has 0 spiro atoms.